The van der Waals surface area contributed by atoms with Gasteiger partial charge in [-0.3, -0.25) is 5.41 Å². The van der Waals surface area contributed by atoms with E-state index in [0.717, 1.165) is 10.6 Å². The van der Waals surface area contributed by atoms with Gasteiger partial charge in [0.2, 0.25) is 0 Å². The standard InChI is InChI=1S/C10H15N3S/c1-10(2,3)14-8-6-7(9(11)12)4-5-13-8/h4-6H,1-3H3,(H3,11,12). The zero-order valence-electron chi connectivity index (χ0n) is 8.66. The normalized spacial score (nSPS) is 11.4. The molecule has 0 amide bonds. The van der Waals surface area contributed by atoms with Gasteiger partial charge in [0, 0.05) is 16.5 Å². The average Bonchev–Trinajstić information content (AvgIpc) is 2.01. The van der Waals surface area contributed by atoms with Gasteiger partial charge in [0.05, 0.1) is 5.03 Å². The van der Waals surface area contributed by atoms with Crippen molar-refractivity contribution < 1.29 is 0 Å². The molecule has 0 aromatic carbocycles. The zero-order chi connectivity index (χ0) is 10.8. The number of aromatic nitrogens is 1. The van der Waals surface area contributed by atoms with Crippen LogP contribution in [-0.4, -0.2) is 15.6 Å². The predicted octanol–water partition coefficient (Wildman–Crippen LogP) is 2.26. The number of pyridine rings is 1. The monoisotopic (exact) mass is 209 g/mol. The number of hydrogen-bond donors (Lipinski definition) is 2. The third-order valence-electron chi connectivity index (χ3n) is 1.46. The second-order valence-electron chi connectivity index (χ2n) is 4.01. The second-order valence-corrected chi connectivity index (χ2v) is 5.86. The van der Waals surface area contributed by atoms with E-state index in [4.69, 9.17) is 11.1 Å². The first-order valence-electron chi connectivity index (χ1n) is 4.38. The molecular weight excluding hydrogens is 194 g/mol. The van der Waals surface area contributed by atoms with Crippen LogP contribution in [0.1, 0.15) is 26.3 Å². The largest absolute Gasteiger partial charge is 0.384 e. The lowest BCUT2D eigenvalue weighted by Crippen LogP contribution is -2.12. The van der Waals surface area contributed by atoms with Crippen LogP contribution < -0.4 is 5.73 Å². The molecule has 0 saturated heterocycles. The summed E-state index contributed by atoms with van der Waals surface area (Å²) in [4.78, 5) is 4.22. The van der Waals surface area contributed by atoms with Gasteiger partial charge in [0.1, 0.15) is 5.84 Å². The summed E-state index contributed by atoms with van der Waals surface area (Å²) < 4.78 is 0.127. The van der Waals surface area contributed by atoms with E-state index in [1.807, 2.05) is 6.07 Å². The number of rotatable bonds is 2. The summed E-state index contributed by atoms with van der Waals surface area (Å²) in [5, 5.41) is 8.21. The van der Waals surface area contributed by atoms with Crippen LogP contribution in [0.2, 0.25) is 0 Å². The summed E-state index contributed by atoms with van der Waals surface area (Å²) in [5.41, 5.74) is 6.12. The highest BCUT2D eigenvalue weighted by Crippen LogP contribution is 2.30. The van der Waals surface area contributed by atoms with Gasteiger partial charge in [-0.15, -0.1) is 11.8 Å². The highest BCUT2D eigenvalue weighted by atomic mass is 32.2. The first-order valence-corrected chi connectivity index (χ1v) is 5.19. The Bertz CT molecular complexity index is 341. The maximum atomic E-state index is 7.30. The molecule has 0 aliphatic heterocycles. The van der Waals surface area contributed by atoms with Crippen LogP contribution in [0, 0.1) is 5.41 Å². The van der Waals surface area contributed by atoms with Gasteiger partial charge < -0.3 is 5.73 Å². The van der Waals surface area contributed by atoms with Crippen LogP contribution in [-0.2, 0) is 0 Å². The van der Waals surface area contributed by atoms with Gasteiger partial charge >= 0.3 is 0 Å². The van der Waals surface area contributed by atoms with E-state index in [1.165, 1.54) is 0 Å². The van der Waals surface area contributed by atoms with Crippen molar-refractivity contribution in [2.75, 3.05) is 0 Å². The molecule has 1 aromatic heterocycles. The van der Waals surface area contributed by atoms with Crippen molar-refractivity contribution in [2.24, 2.45) is 5.73 Å². The summed E-state index contributed by atoms with van der Waals surface area (Å²) in [6, 6.07) is 3.59. The zero-order valence-corrected chi connectivity index (χ0v) is 9.48. The quantitative estimate of drug-likeness (QED) is 0.446. The lowest BCUT2D eigenvalue weighted by Gasteiger charge is -2.16. The van der Waals surface area contributed by atoms with Crippen LogP contribution in [0.25, 0.3) is 0 Å². The molecule has 0 fully saturated rings. The molecule has 0 aliphatic rings. The van der Waals surface area contributed by atoms with Crippen LogP contribution in [0.15, 0.2) is 23.4 Å². The van der Waals surface area contributed by atoms with Crippen molar-refractivity contribution in [1.82, 2.24) is 4.98 Å². The SMILES string of the molecule is CC(C)(C)Sc1cc(C(=N)N)ccn1. The van der Waals surface area contributed by atoms with E-state index in [0.29, 0.717) is 0 Å². The minimum atomic E-state index is 0.0863. The molecule has 3 N–H and O–H groups in total. The molecular formula is C10H15N3S. The molecule has 0 atom stereocenters. The highest BCUT2D eigenvalue weighted by Gasteiger charge is 2.13. The number of nitrogens with zero attached hydrogens (tertiary/aromatic N) is 1. The predicted molar refractivity (Wildman–Crippen MR) is 60.9 cm³/mol. The third kappa shape index (κ3) is 3.38. The summed E-state index contributed by atoms with van der Waals surface area (Å²) in [6.45, 7) is 6.37. The maximum absolute atomic E-state index is 7.30. The smallest absolute Gasteiger partial charge is 0.122 e. The summed E-state index contributed by atoms with van der Waals surface area (Å²) >= 11 is 1.67. The summed E-state index contributed by atoms with van der Waals surface area (Å²) in [5.74, 6) is 0.0863. The minimum absolute atomic E-state index is 0.0863. The summed E-state index contributed by atoms with van der Waals surface area (Å²) in [7, 11) is 0. The van der Waals surface area contributed by atoms with E-state index < -0.39 is 0 Å². The second kappa shape index (κ2) is 4.00. The van der Waals surface area contributed by atoms with E-state index in [-0.39, 0.29) is 10.6 Å². The molecule has 0 spiro atoms. The molecule has 0 saturated carbocycles. The first-order chi connectivity index (χ1) is 6.38. The van der Waals surface area contributed by atoms with Crippen molar-refractivity contribution in [3.05, 3.63) is 23.9 Å². The highest BCUT2D eigenvalue weighted by molar-refractivity contribution is 8.00. The van der Waals surface area contributed by atoms with Gasteiger partial charge in [0.15, 0.2) is 0 Å². The minimum Gasteiger partial charge on any atom is -0.384 e. The maximum Gasteiger partial charge on any atom is 0.122 e. The third-order valence-corrected chi connectivity index (χ3v) is 2.50. The van der Waals surface area contributed by atoms with E-state index >= 15 is 0 Å². The van der Waals surface area contributed by atoms with Crippen LogP contribution in [0.3, 0.4) is 0 Å². The molecule has 0 radical (unpaired) electrons. The fourth-order valence-electron chi connectivity index (χ4n) is 0.946. The molecule has 1 heterocycles. The Morgan fingerprint density at radius 1 is 1.50 bits per heavy atom. The number of nitrogens with two attached hydrogens (primary N) is 1. The molecule has 76 valence electrons. The molecule has 0 bridgehead atoms. The van der Waals surface area contributed by atoms with Crippen molar-refractivity contribution in [1.29, 1.82) is 5.41 Å². The lowest BCUT2D eigenvalue weighted by molar-refractivity contribution is 0.799. The Morgan fingerprint density at radius 3 is 2.64 bits per heavy atom. The topological polar surface area (TPSA) is 62.8 Å². The molecule has 1 aromatic rings. The number of nitrogens with one attached hydrogen (secondary N) is 1. The molecule has 14 heavy (non-hydrogen) atoms. The Kier molecular flexibility index (Phi) is 3.16. The van der Waals surface area contributed by atoms with E-state index in [1.54, 1.807) is 24.0 Å². The van der Waals surface area contributed by atoms with Crippen LogP contribution in [0.5, 0.6) is 0 Å². The van der Waals surface area contributed by atoms with Crippen LogP contribution >= 0.6 is 11.8 Å². The number of amidine groups is 1. The Morgan fingerprint density at radius 2 is 2.14 bits per heavy atom. The van der Waals surface area contributed by atoms with Gasteiger partial charge in [-0.1, -0.05) is 20.8 Å². The van der Waals surface area contributed by atoms with Gasteiger partial charge in [-0.2, -0.15) is 0 Å². The molecule has 1 rings (SSSR count). The van der Waals surface area contributed by atoms with Crippen molar-refractivity contribution in [3.8, 4) is 0 Å². The Balaban J connectivity index is 2.89. The lowest BCUT2D eigenvalue weighted by atomic mass is 10.2. The molecule has 3 nitrogen and oxygen atoms in total. The van der Waals surface area contributed by atoms with Crippen molar-refractivity contribution in [2.45, 2.75) is 30.5 Å². The number of hydrogen-bond acceptors (Lipinski definition) is 3. The Hall–Kier alpha value is -1.03. The fraction of sp³-hybridized carbons (Fsp3) is 0.400. The fourth-order valence-corrected chi connectivity index (χ4v) is 1.87. The van der Waals surface area contributed by atoms with Crippen molar-refractivity contribution >= 4 is 17.6 Å². The van der Waals surface area contributed by atoms with Crippen LogP contribution in [0.4, 0.5) is 0 Å². The Labute approximate surface area is 88.6 Å². The number of nitrogen functional groups attached to an aromatic ring is 1. The van der Waals surface area contributed by atoms with Gasteiger partial charge in [0.25, 0.3) is 0 Å². The van der Waals surface area contributed by atoms with Gasteiger partial charge in [-0.05, 0) is 12.1 Å². The summed E-state index contributed by atoms with van der Waals surface area (Å²) in [6.07, 6.45) is 1.69. The molecule has 0 unspecified atom stereocenters. The van der Waals surface area contributed by atoms with Gasteiger partial charge in [-0.25, -0.2) is 4.98 Å². The van der Waals surface area contributed by atoms with Crippen molar-refractivity contribution in [3.63, 3.8) is 0 Å². The number of thioether (sulfide) groups is 1. The average molecular weight is 209 g/mol. The van der Waals surface area contributed by atoms with E-state index in [2.05, 4.69) is 25.8 Å². The molecule has 4 heteroatoms. The van der Waals surface area contributed by atoms with E-state index in [9.17, 15) is 0 Å². The molecule has 0 aliphatic carbocycles. The first kappa shape index (κ1) is 11.0.